The third-order valence-electron chi connectivity index (χ3n) is 4.68. The third-order valence-corrected chi connectivity index (χ3v) is 4.68. The van der Waals surface area contributed by atoms with Crippen LogP contribution < -0.4 is 14.8 Å². The molecular weight excluding hydrogens is 262 g/mol. The highest BCUT2D eigenvalue weighted by Gasteiger charge is 2.28. The lowest BCUT2D eigenvalue weighted by Gasteiger charge is -2.26. The molecule has 1 N–H and O–H groups in total. The van der Waals surface area contributed by atoms with E-state index in [4.69, 9.17) is 9.47 Å². The van der Waals surface area contributed by atoms with Crippen LogP contribution in [0.5, 0.6) is 11.5 Å². The van der Waals surface area contributed by atoms with Crippen LogP contribution in [0.4, 0.5) is 0 Å². The van der Waals surface area contributed by atoms with Crippen molar-refractivity contribution in [1.29, 1.82) is 0 Å². The van der Waals surface area contributed by atoms with Crippen LogP contribution in [-0.4, -0.2) is 26.8 Å². The molecule has 21 heavy (non-hydrogen) atoms. The van der Waals surface area contributed by atoms with Gasteiger partial charge >= 0.3 is 0 Å². The fourth-order valence-electron chi connectivity index (χ4n) is 3.26. The van der Waals surface area contributed by atoms with Crippen molar-refractivity contribution in [3.8, 4) is 11.5 Å². The maximum atomic E-state index is 5.37. The van der Waals surface area contributed by atoms with Gasteiger partial charge in [0.2, 0.25) is 0 Å². The molecule has 1 aliphatic rings. The van der Waals surface area contributed by atoms with Crippen molar-refractivity contribution in [1.82, 2.24) is 5.32 Å². The van der Waals surface area contributed by atoms with Gasteiger partial charge in [0.05, 0.1) is 14.2 Å². The van der Waals surface area contributed by atoms with Gasteiger partial charge in [0.1, 0.15) is 0 Å². The van der Waals surface area contributed by atoms with E-state index in [0.29, 0.717) is 11.5 Å². The first-order chi connectivity index (χ1) is 10.1. The molecule has 1 saturated carbocycles. The maximum absolute atomic E-state index is 5.37. The number of hydrogen-bond donors (Lipinski definition) is 1. The Morgan fingerprint density at radius 2 is 1.81 bits per heavy atom. The molecule has 0 aromatic heterocycles. The highest BCUT2D eigenvalue weighted by molar-refractivity contribution is 5.43. The summed E-state index contributed by atoms with van der Waals surface area (Å²) in [5.74, 6) is 1.60. The molecule has 1 aromatic rings. The Morgan fingerprint density at radius 1 is 1.14 bits per heavy atom. The van der Waals surface area contributed by atoms with Crippen molar-refractivity contribution in [3.05, 3.63) is 23.8 Å². The van der Waals surface area contributed by atoms with Gasteiger partial charge < -0.3 is 14.8 Å². The van der Waals surface area contributed by atoms with Crippen LogP contribution in [0.3, 0.4) is 0 Å². The second kappa shape index (κ2) is 7.17. The first kappa shape index (κ1) is 16.2. The molecule has 0 aliphatic heterocycles. The van der Waals surface area contributed by atoms with Crippen LogP contribution in [0.25, 0.3) is 0 Å². The van der Waals surface area contributed by atoms with E-state index < -0.39 is 0 Å². The van der Waals surface area contributed by atoms with Gasteiger partial charge in [0.25, 0.3) is 0 Å². The smallest absolute Gasteiger partial charge is 0.160 e. The number of hydrogen-bond acceptors (Lipinski definition) is 3. The van der Waals surface area contributed by atoms with Crippen molar-refractivity contribution >= 4 is 0 Å². The molecule has 0 bridgehead atoms. The molecule has 3 heteroatoms. The van der Waals surface area contributed by atoms with Gasteiger partial charge in [0.15, 0.2) is 11.5 Å². The second-order valence-electron chi connectivity index (χ2n) is 6.69. The summed E-state index contributed by atoms with van der Waals surface area (Å²) in [5.41, 5.74) is 1.79. The van der Waals surface area contributed by atoms with Crippen LogP contribution in [-0.2, 0) is 6.42 Å². The number of ether oxygens (including phenoxy) is 2. The average molecular weight is 291 g/mol. The number of nitrogens with one attached hydrogen (secondary N) is 1. The Hall–Kier alpha value is -1.22. The summed E-state index contributed by atoms with van der Waals surface area (Å²) < 4.78 is 10.7. The molecule has 2 rings (SSSR count). The van der Waals surface area contributed by atoms with E-state index >= 15 is 0 Å². The number of rotatable bonds is 7. The zero-order valence-corrected chi connectivity index (χ0v) is 13.9. The number of methoxy groups -OCH3 is 2. The van der Waals surface area contributed by atoms with Crippen LogP contribution in [0.2, 0.25) is 0 Å². The zero-order valence-electron chi connectivity index (χ0n) is 13.9. The molecule has 0 spiro atoms. The summed E-state index contributed by atoms with van der Waals surface area (Å²) in [6, 6.07) is 6.66. The maximum Gasteiger partial charge on any atom is 0.160 e. The molecule has 1 aromatic carbocycles. The van der Waals surface area contributed by atoms with Gasteiger partial charge in [-0.3, -0.25) is 0 Å². The lowest BCUT2D eigenvalue weighted by molar-refractivity contribution is 0.300. The van der Waals surface area contributed by atoms with Crippen LogP contribution in [0.15, 0.2) is 18.2 Å². The van der Waals surface area contributed by atoms with Crippen molar-refractivity contribution in [2.24, 2.45) is 5.41 Å². The Bertz CT molecular complexity index is 453. The predicted octanol–water partition coefficient (Wildman–Crippen LogP) is 3.80. The van der Waals surface area contributed by atoms with Crippen molar-refractivity contribution in [2.75, 3.05) is 20.8 Å². The molecule has 1 fully saturated rings. The summed E-state index contributed by atoms with van der Waals surface area (Å²) in [6.07, 6.45) is 6.52. The summed E-state index contributed by atoms with van der Waals surface area (Å²) in [7, 11) is 3.36. The van der Waals surface area contributed by atoms with E-state index in [1.807, 2.05) is 6.07 Å². The minimum absolute atomic E-state index is 0.473. The zero-order chi connectivity index (χ0) is 15.3. The Labute approximate surface area is 129 Å². The summed E-state index contributed by atoms with van der Waals surface area (Å²) in [5, 5.41) is 3.71. The van der Waals surface area contributed by atoms with Crippen LogP contribution in [0, 0.1) is 5.41 Å². The Kier molecular flexibility index (Phi) is 5.51. The van der Waals surface area contributed by atoms with E-state index in [0.717, 1.165) is 24.5 Å². The minimum atomic E-state index is 0.473. The fraction of sp³-hybridized carbons (Fsp3) is 0.667. The first-order valence-electron chi connectivity index (χ1n) is 8.00. The van der Waals surface area contributed by atoms with E-state index in [9.17, 15) is 0 Å². The first-order valence-corrected chi connectivity index (χ1v) is 8.00. The highest BCUT2D eigenvalue weighted by Crippen LogP contribution is 2.36. The van der Waals surface area contributed by atoms with Gasteiger partial charge in [-0.15, -0.1) is 0 Å². The molecule has 0 amide bonds. The normalized spacial score (nSPS) is 18.5. The second-order valence-corrected chi connectivity index (χ2v) is 6.69. The largest absolute Gasteiger partial charge is 0.493 e. The molecular formula is C18H29NO2. The molecule has 1 aliphatic carbocycles. The molecule has 118 valence electrons. The topological polar surface area (TPSA) is 30.5 Å². The Morgan fingerprint density at radius 3 is 2.43 bits per heavy atom. The molecule has 0 saturated heterocycles. The van der Waals surface area contributed by atoms with Gasteiger partial charge in [-0.2, -0.15) is 0 Å². The van der Waals surface area contributed by atoms with Crippen molar-refractivity contribution < 1.29 is 9.47 Å². The van der Waals surface area contributed by atoms with Crippen molar-refractivity contribution in [2.45, 2.75) is 52.0 Å². The standard InChI is InChI=1S/C18H29NO2/c1-14(19-13-18(2)9-5-6-10-18)11-15-7-8-16(20-3)17(12-15)21-4/h7-8,12,14,19H,5-6,9-11,13H2,1-4H3. The minimum Gasteiger partial charge on any atom is -0.493 e. The molecule has 1 atom stereocenters. The van der Waals surface area contributed by atoms with Crippen molar-refractivity contribution in [3.63, 3.8) is 0 Å². The predicted molar refractivity (Wildman–Crippen MR) is 87.3 cm³/mol. The Balaban J connectivity index is 1.88. The summed E-state index contributed by atoms with van der Waals surface area (Å²) in [6.45, 7) is 5.80. The molecule has 0 radical (unpaired) electrons. The van der Waals surface area contributed by atoms with E-state index in [1.54, 1.807) is 14.2 Å². The monoisotopic (exact) mass is 291 g/mol. The highest BCUT2D eigenvalue weighted by atomic mass is 16.5. The van der Waals surface area contributed by atoms with Gasteiger partial charge in [-0.25, -0.2) is 0 Å². The molecule has 3 nitrogen and oxygen atoms in total. The van der Waals surface area contributed by atoms with Gasteiger partial charge in [-0.05, 0) is 49.3 Å². The van der Waals surface area contributed by atoms with Gasteiger partial charge in [0, 0.05) is 12.6 Å². The van der Waals surface area contributed by atoms with Gasteiger partial charge in [-0.1, -0.05) is 25.8 Å². The average Bonchev–Trinajstić information content (AvgIpc) is 2.92. The fourth-order valence-corrected chi connectivity index (χ4v) is 3.26. The van der Waals surface area contributed by atoms with Crippen LogP contribution >= 0.6 is 0 Å². The number of benzene rings is 1. The molecule has 1 unspecified atom stereocenters. The molecule has 0 heterocycles. The third kappa shape index (κ3) is 4.37. The van der Waals surface area contributed by atoms with E-state index in [-0.39, 0.29) is 0 Å². The van der Waals surface area contributed by atoms with E-state index in [2.05, 4.69) is 31.3 Å². The lowest BCUT2D eigenvalue weighted by atomic mass is 9.88. The summed E-state index contributed by atoms with van der Waals surface area (Å²) in [4.78, 5) is 0. The van der Waals surface area contributed by atoms with Crippen LogP contribution in [0.1, 0.15) is 45.1 Å². The SMILES string of the molecule is COc1ccc(CC(C)NCC2(C)CCCC2)cc1OC. The van der Waals surface area contributed by atoms with E-state index in [1.165, 1.54) is 31.2 Å². The summed E-state index contributed by atoms with van der Waals surface area (Å²) >= 11 is 0. The quantitative estimate of drug-likeness (QED) is 0.829. The lowest BCUT2D eigenvalue weighted by Crippen LogP contribution is -2.36.